The molecule has 0 aromatic carbocycles. The maximum Gasteiger partial charge on any atom is 0.136 e. The summed E-state index contributed by atoms with van der Waals surface area (Å²) in [4.78, 5) is 11.4. The third-order valence-electron chi connectivity index (χ3n) is 3.56. The predicted molar refractivity (Wildman–Crippen MR) is 54.0 cm³/mol. The van der Waals surface area contributed by atoms with Gasteiger partial charge >= 0.3 is 0 Å². The number of carbonyl (C=O) groups excluding carboxylic acids is 1. The maximum atomic E-state index is 11.4. The topological polar surface area (TPSA) is 49.3 Å². The van der Waals surface area contributed by atoms with Crippen LogP contribution in [-0.2, 0) is 4.79 Å². The Morgan fingerprint density at radius 2 is 2.00 bits per heavy atom. The molecule has 0 aromatic heterocycles. The molecular weight excluding hydrogens is 178 g/mol. The van der Waals surface area contributed by atoms with Crippen molar-refractivity contribution in [3.63, 3.8) is 0 Å². The summed E-state index contributed by atoms with van der Waals surface area (Å²) < 4.78 is 0. The van der Waals surface area contributed by atoms with Crippen molar-refractivity contribution < 1.29 is 9.90 Å². The normalized spacial score (nSPS) is 35.1. The van der Waals surface area contributed by atoms with Crippen molar-refractivity contribution in [2.24, 2.45) is 5.92 Å². The summed E-state index contributed by atoms with van der Waals surface area (Å²) >= 11 is 0. The van der Waals surface area contributed by atoms with Gasteiger partial charge in [0.05, 0.1) is 6.61 Å². The quantitative estimate of drug-likeness (QED) is 0.690. The average molecular weight is 197 g/mol. The largest absolute Gasteiger partial charge is 0.395 e. The fourth-order valence-corrected chi connectivity index (χ4v) is 2.80. The van der Waals surface area contributed by atoms with Crippen molar-refractivity contribution in [2.45, 2.75) is 50.6 Å². The molecule has 1 aliphatic heterocycles. The summed E-state index contributed by atoms with van der Waals surface area (Å²) in [5, 5.41) is 12.5. The number of aliphatic hydroxyl groups excluding tert-OH is 1. The fraction of sp³-hybridized carbons (Fsp3) is 0.909. The first-order valence-corrected chi connectivity index (χ1v) is 5.68. The van der Waals surface area contributed by atoms with Crippen molar-refractivity contribution in [1.29, 1.82) is 0 Å². The number of hydrogen-bond acceptors (Lipinski definition) is 3. The lowest BCUT2D eigenvalue weighted by Crippen LogP contribution is -2.50. The third kappa shape index (κ3) is 2.15. The van der Waals surface area contributed by atoms with Gasteiger partial charge in [0.2, 0.25) is 0 Å². The Morgan fingerprint density at radius 3 is 2.64 bits per heavy atom. The lowest BCUT2D eigenvalue weighted by atomic mass is 9.88. The monoisotopic (exact) mass is 197 g/mol. The molecule has 1 saturated carbocycles. The summed E-state index contributed by atoms with van der Waals surface area (Å²) in [6.07, 6.45) is 6.31. The second-order valence-corrected chi connectivity index (χ2v) is 4.64. The van der Waals surface area contributed by atoms with E-state index < -0.39 is 0 Å². The molecular formula is C11H19NO2. The Balaban J connectivity index is 1.93. The average Bonchev–Trinajstić information content (AvgIpc) is 2.69. The number of nitrogens with one attached hydrogen (secondary N) is 1. The number of carbonyl (C=O) groups is 1. The van der Waals surface area contributed by atoms with Gasteiger partial charge in [0, 0.05) is 24.9 Å². The van der Waals surface area contributed by atoms with E-state index >= 15 is 0 Å². The lowest BCUT2D eigenvalue weighted by Gasteiger charge is -2.32. The lowest BCUT2D eigenvalue weighted by molar-refractivity contribution is -0.122. The molecule has 0 bridgehead atoms. The number of rotatable bonds is 2. The third-order valence-corrected chi connectivity index (χ3v) is 3.56. The Bertz CT molecular complexity index is 211. The van der Waals surface area contributed by atoms with Gasteiger partial charge in [-0.3, -0.25) is 4.79 Å². The molecule has 2 aliphatic rings. The minimum Gasteiger partial charge on any atom is -0.395 e. The minimum absolute atomic E-state index is 0.0156. The first kappa shape index (κ1) is 10.1. The van der Waals surface area contributed by atoms with Crippen LogP contribution < -0.4 is 5.32 Å². The van der Waals surface area contributed by atoms with Crippen molar-refractivity contribution in [3.05, 3.63) is 0 Å². The van der Waals surface area contributed by atoms with Gasteiger partial charge in [0.1, 0.15) is 5.78 Å². The van der Waals surface area contributed by atoms with Crippen molar-refractivity contribution in [3.8, 4) is 0 Å². The van der Waals surface area contributed by atoms with Gasteiger partial charge in [0.15, 0.2) is 0 Å². The van der Waals surface area contributed by atoms with E-state index in [-0.39, 0.29) is 12.6 Å². The van der Waals surface area contributed by atoms with E-state index in [9.17, 15) is 4.79 Å². The number of piperidine rings is 1. The fourth-order valence-electron chi connectivity index (χ4n) is 2.80. The van der Waals surface area contributed by atoms with E-state index in [1.807, 2.05) is 0 Å². The summed E-state index contributed by atoms with van der Waals surface area (Å²) in [6, 6.07) is 0.359. The van der Waals surface area contributed by atoms with Gasteiger partial charge in [-0.1, -0.05) is 12.8 Å². The van der Waals surface area contributed by atoms with Crippen LogP contribution in [0.4, 0.5) is 0 Å². The summed E-state index contributed by atoms with van der Waals surface area (Å²) in [5.74, 6) is 0.994. The molecule has 0 amide bonds. The van der Waals surface area contributed by atoms with Crippen LogP contribution in [0.2, 0.25) is 0 Å². The molecule has 1 saturated heterocycles. The van der Waals surface area contributed by atoms with E-state index in [0.29, 0.717) is 30.6 Å². The van der Waals surface area contributed by atoms with E-state index in [2.05, 4.69) is 5.32 Å². The number of aliphatic hydroxyl groups is 1. The zero-order chi connectivity index (χ0) is 9.97. The Hall–Kier alpha value is -0.410. The van der Waals surface area contributed by atoms with Crippen LogP contribution in [-0.4, -0.2) is 29.6 Å². The highest BCUT2D eigenvalue weighted by Crippen LogP contribution is 2.31. The second-order valence-electron chi connectivity index (χ2n) is 4.64. The molecule has 1 aliphatic carbocycles. The molecule has 1 heterocycles. The molecule has 2 N–H and O–H groups in total. The van der Waals surface area contributed by atoms with Crippen LogP contribution in [0.15, 0.2) is 0 Å². The van der Waals surface area contributed by atoms with Crippen LogP contribution in [0.25, 0.3) is 0 Å². The number of ketones is 1. The Kier molecular flexibility index (Phi) is 3.19. The number of hydrogen-bond donors (Lipinski definition) is 2. The molecule has 2 unspecified atom stereocenters. The van der Waals surface area contributed by atoms with E-state index in [1.54, 1.807) is 0 Å². The van der Waals surface area contributed by atoms with E-state index in [1.165, 1.54) is 25.7 Å². The van der Waals surface area contributed by atoms with Gasteiger partial charge in [-0.15, -0.1) is 0 Å². The second kappa shape index (κ2) is 4.41. The molecule has 2 rings (SSSR count). The summed E-state index contributed by atoms with van der Waals surface area (Å²) in [7, 11) is 0. The highest BCUT2D eigenvalue weighted by molar-refractivity contribution is 5.80. The van der Waals surface area contributed by atoms with Crippen LogP contribution in [0.1, 0.15) is 38.5 Å². The SMILES string of the molecule is O=C1CC(CO)NC(C2CCCC2)C1. The smallest absolute Gasteiger partial charge is 0.136 e. The first-order valence-electron chi connectivity index (χ1n) is 5.68. The van der Waals surface area contributed by atoms with Gasteiger partial charge < -0.3 is 10.4 Å². The molecule has 2 fully saturated rings. The predicted octanol–water partition coefficient (Wildman–Crippen LogP) is 0.859. The molecule has 0 aromatic rings. The van der Waals surface area contributed by atoms with Crippen LogP contribution in [0.5, 0.6) is 0 Å². The van der Waals surface area contributed by atoms with Crippen molar-refractivity contribution in [1.82, 2.24) is 5.32 Å². The summed E-state index contributed by atoms with van der Waals surface area (Å²) in [6.45, 7) is 0.0922. The van der Waals surface area contributed by atoms with Crippen molar-refractivity contribution >= 4 is 5.78 Å². The van der Waals surface area contributed by atoms with Gasteiger partial charge in [-0.25, -0.2) is 0 Å². The Labute approximate surface area is 84.9 Å². The number of Topliss-reactive ketones (excluding diaryl/α,β-unsaturated/α-hetero) is 1. The van der Waals surface area contributed by atoms with Gasteiger partial charge in [0.25, 0.3) is 0 Å². The van der Waals surface area contributed by atoms with Crippen LogP contribution in [0, 0.1) is 5.92 Å². The first-order chi connectivity index (χ1) is 6.79. The van der Waals surface area contributed by atoms with E-state index in [0.717, 1.165) is 0 Å². The van der Waals surface area contributed by atoms with Gasteiger partial charge in [-0.2, -0.15) is 0 Å². The highest BCUT2D eigenvalue weighted by Gasteiger charge is 2.32. The molecule has 0 radical (unpaired) electrons. The minimum atomic E-state index is 0.0156. The van der Waals surface area contributed by atoms with E-state index in [4.69, 9.17) is 5.11 Å². The van der Waals surface area contributed by atoms with Crippen LogP contribution in [0.3, 0.4) is 0 Å². The molecule has 0 spiro atoms. The Morgan fingerprint density at radius 1 is 1.29 bits per heavy atom. The molecule has 80 valence electrons. The zero-order valence-corrected chi connectivity index (χ0v) is 8.54. The van der Waals surface area contributed by atoms with Crippen LogP contribution >= 0.6 is 0 Å². The highest BCUT2D eigenvalue weighted by atomic mass is 16.3. The van der Waals surface area contributed by atoms with Crippen molar-refractivity contribution in [2.75, 3.05) is 6.61 Å². The molecule has 14 heavy (non-hydrogen) atoms. The maximum absolute atomic E-state index is 11.4. The molecule has 2 atom stereocenters. The zero-order valence-electron chi connectivity index (χ0n) is 8.54. The summed E-state index contributed by atoms with van der Waals surface area (Å²) in [5.41, 5.74) is 0. The molecule has 3 nitrogen and oxygen atoms in total. The standard InChI is InChI=1S/C11H19NO2/c13-7-9-5-10(14)6-11(12-9)8-3-1-2-4-8/h8-9,11-13H,1-7H2. The molecule has 3 heteroatoms. The van der Waals surface area contributed by atoms with Gasteiger partial charge in [-0.05, 0) is 18.8 Å².